The normalized spacial score (nSPS) is 29.6. The molecule has 0 aromatic heterocycles. The standard InChI is InChI=1S/C17H22N2O2.3CH3.Sn/c1-14-12-16(8-11-21-14)19(10-3-9-18-19)13-15-4-6-17(20-2)7-5-15;;;;/h3-7,10,14,16H,8,11-13H2,1-2H3;3*1H3;/q+1;;;;. The predicted molar refractivity (Wildman–Crippen MR) is 105 cm³/mol. The number of allylic oxidation sites excluding steroid dienone is 1. The third kappa shape index (κ3) is 4.29. The minimum absolute atomic E-state index is 0.315. The second-order valence-electron chi connectivity index (χ2n) is 8.30. The van der Waals surface area contributed by atoms with E-state index >= 15 is 0 Å². The summed E-state index contributed by atoms with van der Waals surface area (Å²) in [5.74, 6) is 0.905. The molecule has 0 spiro atoms. The number of nitrogens with zero attached hydrogens (tertiary/aromatic N) is 2. The van der Waals surface area contributed by atoms with Crippen molar-refractivity contribution in [1.82, 2.24) is 0 Å². The Morgan fingerprint density at radius 1 is 1.24 bits per heavy atom. The summed E-state index contributed by atoms with van der Waals surface area (Å²) in [7, 11) is 1.71. The van der Waals surface area contributed by atoms with Gasteiger partial charge in [-0.25, -0.2) is 0 Å². The molecule has 1 aromatic rings. The van der Waals surface area contributed by atoms with Crippen LogP contribution in [0.3, 0.4) is 0 Å². The number of hydrogen-bond acceptors (Lipinski definition) is 3. The van der Waals surface area contributed by atoms with Gasteiger partial charge in [0.15, 0.2) is 0 Å². The zero-order valence-electron chi connectivity index (χ0n) is 16.2. The first-order valence-electron chi connectivity index (χ1n) is 9.24. The molecule has 2 aliphatic heterocycles. The number of quaternary nitrogens is 1. The van der Waals surface area contributed by atoms with Crippen molar-refractivity contribution in [3.05, 3.63) is 42.1 Å². The summed E-state index contributed by atoms with van der Waals surface area (Å²) < 4.78 is 13.2. The van der Waals surface area contributed by atoms with Crippen LogP contribution in [0.15, 0.2) is 41.6 Å². The van der Waals surface area contributed by atoms with Crippen LogP contribution in [0.2, 0.25) is 14.8 Å². The van der Waals surface area contributed by atoms with Gasteiger partial charge < -0.3 is 0 Å². The number of methoxy groups -OCH3 is 1. The Morgan fingerprint density at radius 3 is 2.52 bits per heavy atom. The molecule has 0 amide bonds. The third-order valence-electron chi connectivity index (χ3n) is 5.24. The van der Waals surface area contributed by atoms with Crippen molar-refractivity contribution in [2.45, 2.75) is 53.3 Å². The SMILES string of the molecule is COc1ccc(C[N+]2(C3CCOC(C)C3)C=C[C]([Sn]([CH3])([CH3])[CH3])=N2)cc1. The Bertz CT molecular complexity index is 663. The van der Waals surface area contributed by atoms with Gasteiger partial charge in [-0.15, -0.1) is 0 Å². The molecule has 5 heteroatoms. The first kappa shape index (κ1) is 18.9. The average molecular weight is 450 g/mol. The summed E-state index contributed by atoms with van der Waals surface area (Å²) in [6.07, 6.45) is 7.12. The Labute approximate surface area is 156 Å². The fourth-order valence-electron chi connectivity index (χ4n) is 3.69. The summed E-state index contributed by atoms with van der Waals surface area (Å²) in [6, 6.07) is 8.93. The first-order valence-corrected chi connectivity index (χ1v) is 19.2. The quantitative estimate of drug-likeness (QED) is 0.494. The van der Waals surface area contributed by atoms with Gasteiger partial charge in [-0.3, -0.25) is 0 Å². The van der Waals surface area contributed by atoms with Crippen molar-refractivity contribution in [3.8, 4) is 5.75 Å². The van der Waals surface area contributed by atoms with Crippen LogP contribution >= 0.6 is 0 Å². The molecule has 2 heterocycles. The van der Waals surface area contributed by atoms with Crippen molar-refractivity contribution in [3.63, 3.8) is 0 Å². The number of hydrogen-bond donors (Lipinski definition) is 0. The zero-order chi connectivity index (χ0) is 18.1. The van der Waals surface area contributed by atoms with E-state index in [9.17, 15) is 0 Å². The van der Waals surface area contributed by atoms with Crippen LogP contribution in [-0.4, -0.2) is 52.6 Å². The molecule has 0 saturated carbocycles. The van der Waals surface area contributed by atoms with Gasteiger partial charge in [0.2, 0.25) is 0 Å². The molecule has 1 fully saturated rings. The van der Waals surface area contributed by atoms with Crippen LogP contribution < -0.4 is 4.74 Å². The van der Waals surface area contributed by atoms with Crippen molar-refractivity contribution in [1.29, 1.82) is 0 Å². The van der Waals surface area contributed by atoms with E-state index in [0.717, 1.165) is 31.7 Å². The van der Waals surface area contributed by atoms with Crippen molar-refractivity contribution in [2.24, 2.45) is 5.10 Å². The molecule has 3 atom stereocenters. The summed E-state index contributed by atoms with van der Waals surface area (Å²) in [6.45, 7) is 3.93. The molecule has 136 valence electrons. The van der Waals surface area contributed by atoms with Crippen molar-refractivity contribution in [2.75, 3.05) is 13.7 Å². The molecule has 0 radical (unpaired) electrons. The number of rotatable bonds is 5. The minimum atomic E-state index is -2.19. The van der Waals surface area contributed by atoms with Gasteiger partial charge in [0.05, 0.1) is 0 Å². The molecule has 1 aromatic carbocycles. The zero-order valence-corrected chi connectivity index (χ0v) is 19.0. The number of benzene rings is 1. The molecule has 0 N–H and O–H groups in total. The van der Waals surface area contributed by atoms with Crippen LogP contribution in [0.4, 0.5) is 0 Å². The van der Waals surface area contributed by atoms with Gasteiger partial charge in [0.1, 0.15) is 0 Å². The van der Waals surface area contributed by atoms with E-state index in [1.807, 2.05) is 12.1 Å². The topological polar surface area (TPSA) is 30.8 Å². The van der Waals surface area contributed by atoms with E-state index < -0.39 is 18.4 Å². The van der Waals surface area contributed by atoms with Crippen LogP contribution in [0, 0.1) is 0 Å². The Hall–Kier alpha value is -0.851. The van der Waals surface area contributed by atoms with Crippen LogP contribution in [0.1, 0.15) is 25.3 Å². The van der Waals surface area contributed by atoms with Gasteiger partial charge in [0, 0.05) is 0 Å². The van der Waals surface area contributed by atoms with Crippen molar-refractivity contribution < 1.29 is 14.1 Å². The second kappa shape index (κ2) is 7.41. The van der Waals surface area contributed by atoms with E-state index in [0.29, 0.717) is 16.7 Å². The van der Waals surface area contributed by atoms with Gasteiger partial charge in [0.25, 0.3) is 0 Å². The molecule has 1 saturated heterocycles. The molecule has 0 bridgehead atoms. The van der Waals surface area contributed by atoms with E-state index in [1.165, 1.54) is 9.29 Å². The fourth-order valence-corrected chi connectivity index (χ4v) is 6.72. The molecule has 0 aliphatic carbocycles. The molecule has 2 aliphatic rings. The van der Waals surface area contributed by atoms with E-state index in [1.54, 1.807) is 7.11 Å². The maximum atomic E-state index is 5.80. The molecule has 3 rings (SSSR count). The van der Waals surface area contributed by atoms with Crippen LogP contribution in [0.25, 0.3) is 0 Å². The molecular formula is C20H31N2O2Sn+. The summed E-state index contributed by atoms with van der Waals surface area (Å²) in [5, 5.41) is 5.34. The molecule has 25 heavy (non-hydrogen) atoms. The molecule has 4 nitrogen and oxygen atoms in total. The van der Waals surface area contributed by atoms with E-state index in [2.05, 4.69) is 46.2 Å². The third-order valence-corrected chi connectivity index (χ3v) is 10.4. The Kier molecular flexibility index (Phi) is 5.61. The maximum absolute atomic E-state index is 5.80. The monoisotopic (exact) mass is 451 g/mol. The fraction of sp³-hybridized carbons (Fsp3) is 0.550. The van der Waals surface area contributed by atoms with Crippen molar-refractivity contribution >= 4 is 22.1 Å². The Balaban J connectivity index is 1.92. The molecular weight excluding hydrogens is 419 g/mol. The predicted octanol–water partition coefficient (Wildman–Crippen LogP) is 4.34. The molecule has 3 unspecified atom stereocenters. The summed E-state index contributed by atoms with van der Waals surface area (Å²) >= 11 is -2.19. The average Bonchev–Trinajstić information content (AvgIpc) is 3.01. The van der Waals surface area contributed by atoms with Crippen LogP contribution in [0.5, 0.6) is 5.75 Å². The van der Waals surface area contributed by atoms with Gasteiger partial charge in [-0.2, -0.15) is 0 Å². The number of ether oxygens (including phenoxy) is 2. The first-order chi connectivity index (χ1) is 11.8. The van der Waals surface area contributed by atoms with Gasteiger partial charge in [-0.1, -0.05) is 0 Å². The van der Waals surface area contributed by atoms with E-state index in [4.69, 9.17) is 14.6 Å². The van der Waals surface area contributed by atoms with Gasteiger partial charge in [-0.05, 0) is 0 Å². The second-order valence-corrected chi connectivity index (χ2v) is 22.6. The summed E-state index contributed by atoms with van der Waals surface area (Å²) in [5.41, 5.74) is 1.30. The van der Waals surface area contributed by atoms with Gasteiger partial charge >= 0.3 is 156 Å². The summed E-state index contributed by atoms with van der Waals surface area (Å²) in [4.78, 5) is 7.33. The Morgan fingerprint density at radius 2 is 1.96 bits per heavy atom. The van der Waals surface area contributed by atoms with E-state index in [-0.39, 0.29) is 0 Å². The van der Waals surface area contributed by atoms with Crippen LogP contribution in [-0.2, 0) is 11.3 Å².